The van der Waals surface area contributed by atoms with E-state index in [1.807, 2.05) is 73.2 Å². The summed E-state index contributed by atoms with van der Waals surface area (Å²) in [4.78, 5) is 60.1. The number of hydrogen-bond donors (Lipinski definition) is 4. The zero-order valence-electron chi connectivity index (χ0n) is 33.1. The summed E-state index contributed by atoms with van der Waals surface area (Å²) in [5.41, 5.74) is 14.0. The maximum absolute atomic E-state index is 13.8. The molecule has 4 aromatic carbocycles. The van der Waals surface area contributed by atoms with Gasteiger partial charge in [-0.05, 0) is 90.4 Å². The van der Waals surface area contributed by atoms with Gasteiger partial charge in [-0.25, -0.2) is 14.8 Å². The Bertz CT molecular complexity index is 2550. The highest BCUT2D eigenvalue weighted by atomic mass is 16.5. The summed E-state index contributed by atoms with van der Waals surface area (Å²) >= 11 is 0. The van der Waals surface area contributed by atoms with Gasteiger partial charge in [0.05, 0.1) is 42.1 Å². The lowest BCUT2D eigenvalue weighted by Gasteiger charge is -2.32. The van der Waals surface area contributed by atoms with Gasteiger partial charge in [0.1, 0.15) is 36.1 Å². The minimum Gasteiger partial charge on any atom is -0.488 e. The molecule has 0 radical (unpaired) electrons. The third kappa shape index (κ3) is 6.52. The lowest BCUT2D eigenvalue weighted by molar-refractivity contribution is -0.137. The standard InChI is InChI=1S/C45H48N8O5/c1-24(2)39(51-45(56)57-4)44(55)53-25(3)12-17-36(53)41-47-22-34(49-41)28-13-15-30-29(19-28)23-58-37-21-31-27(20-32(30)37)14-16-33-40(31)50-42(48-33)35-11-8-18-52(35)43(54)38(46)26-9-6-5-7-10-26/h5-7,9-10,13-16,19-22,24-25,35-36,38-39H,8,11-12,17-18,23,46H2,1-4H3,(H,47,49)(H,48,50)(H,51,56)/t25-,35-,36-,38+,39-/m0/s1. The second-order valence-corrected chi connectivity index (χ2v) is 16.1. The van der Waals surface area contributed by atoms with E-state index >= 15 is 0 Å². The number of likely N-dealkylation sites (tertiary alicyclic amines) is 2. The number of nitrogens with two attached hydrogens (primary N) is 1. The number of alkyl carbamates (subject to hydrolysis) is 1. The molecule has 3 amide bonds. The number of hydrogen-bond acceptors (Lipinski definition) is 8. The Hall–Kier alpha value is -6.21. The molecule has 0 bridgehead atoms. The van der Waals surface area contributed by atoms with Gasteiger partial charge in [-0.2, -0.15) is 0 Å². The molecule has 13 heteroatoms. The summed E-state index contributed by atoms with van der Waals surface area (Å²) in [5.74, 6) is 1.93. The Labute approximate surface area is 336 Å². The average molecular weight is 781 g/mol. The van der Waals surface area contributed by atoms with E-state index in [1.54, 1.807) is 0 Å². The Morgan fingerprint density at radius 1 is 0.931 bits per heavy atom. The van der Waals surface area contributed by atoms with Gasteiger partial charge in [-0.1, -0.05) is 62.4 Å². The number of aromatic nitrogens is 4. The van der Waals surface area contributed by atoms with Crippen molar-refractivity contribution in [2.75, 3.05) is 13.7 Å². The van der Waals surface area contributed by atoms with Crippen molar-refractivity contribution in [3.8, 4) is 28.1 Å². The van der Waals surface area contributed by atoms with Crippen molar-refractivity contribution in [2.24, 2.45) is 11.7 Å². The molecule has 0 spiro atoms. The number of benzene rings is 4. The number of carbonyl (C=O) groups is 3. The first-order valence-corrected chi connectivity index (χ1v) is 20.1. The smallest absolute Gasteiger partial charge is 0.407 e. The molecule has 0 unspecified atom stereocenters. The van der Waals surface area contributed by atoms with E-state index in [0.29, 0.717) is 13.2 Å². The van der Waals surface area contributed by atoms with Crippen molar-refractivity contribution < 1.29 is 23.9 Å². The maximum atomic E-state index is 13.8. The first kappa shape index (κ1) is 37.4. The summed E-state index contributed by atoms with van der Waals surface area (Å²) in [6, 6.07) is 22.4. The van der Waals surface area contributed by atoms with Gasteiger partial charge < -0.3 is 40.3 Å². The van der Waals surface area contributed by atoms with E-state index < -0.39 is 18.2 Å². The summed E-state index contributed by atoms with van der Waals surface area (Å²) in [6.45, 7) is 6.90. The molecule has 0 saturated carbocycles. The van der Waals surface area contributed by atoms with Crippen molar-refractivity contribution >= 4 is 39.7 Å². The van der Waals surface area contributed by atoms with Crippen LogP contribution in [0.3, 0.4) is 0 Å². The van der Waals surface area contributed by atoms with E-state index in [-0.39, 0.29) is 35.9 Å². The van der Waals surface area contributed by atoms with Crippen LogP contribution in [-0.2, 0) is 20.9 Å². The minimum atomic E-state index is -0.725. The fraction of sp³-hybridized carbons (Fsp3) is 0.356. The van der Waals surface area contributed by atoms with Gasteiger partial charge in [0.15, 0.2) is 0 Å². The van der Waals surface area contributed by atoms with Gasteiger partial charge in [0.2, 0.25) is 11.8 Å². The topological polar surface area (TPSA) is 172 Å². The second kappa shape index (κ2) is 14.9. The normalized spacial score (nSPS) is 19.9. The van der Waals surface area contributed by atoms with Crippen LogP contribution in [0.15, 0.2) is 79.0 Å². The number of imidazole rings is 2. The second-order valence-electron chi connectivity index (χ2n) is 16.1. The molecule has 298 valence electrons. The van der Waals surface area contributed by atoms with E-state index in [9.17, 15) is 14.4 Å². The molecule has 3 aliphatic rings. The Morgan fingerprint density at radius 2 is 1.76 bits per heavy atom. The molecular formula is C45H48N8O5. The number of nitrogens with zero attached hydrogens (tertiary/aromatic N) is 4. The molecule has 2 aromatic heterocycles. The van der Waals surface area contributed by atoms with Gasteiger partial charge in [0.25, 0.3) is 0 Å². The van der Waals surface area contributed by atoms with Gasteiger partial charge in [-0.15, -0.1) is 0 Å². The van der Waals surface area contributed by atoms with Crippen molar-refractivity contribution in [3.63, 3.8) is 0 Å². The quantitative estimate of drug-likeness (QED) is 0.123. The van der Waals surface area contributed by atoms with Crippen molar-refractivity contribution in [1.29, 1.82) is 0 Å². The van der Waals surface area contributed by atoms with Crippen LogP contribution in [0.5, 0.6) is 5.75 Å². The maximum Gasteiger partial charge on any atom is 0.407 e. The number of carbonyl (C=O) groups excluding carboxylic acids is 3. The monoisotopic (exact) mass is 780 g/mol. The van der Waals surface area contributed by atoms with Gasteiger partial charge in [0, 0.05) is 23.5 Å². The zero-order chi connectivity index (χ0) is 40.2. The van der Waals surface area contributed by atoms with Gasteiger partial charge >= 0.3 is 6.09 Å². The van der Waals surface area contributed by atoms with E-state index in [0.717, 1.165) is 98.4 Å². The molecule has 2 saturated heterocycles. The predicted molar refractivity (Wildman–Crippen MR) is 220 cm³/mol. The lowest BCUT2D eigenvalue weighted by atomic mass is 9.92. The molecule has 3 aliphatic heterocycles. The SMILES string of the molecule is COC(=O)N[C@H](C(=O)N1[C@@H](C)CC[C@H]1c1ncc(-c2ccc3c(c2)COc2cc4c(ccc5nc([C@@H]6CCCN6C(=O)[C@H](N)c6ccccc6)[nH]c54)cc2-3)[nH]1)C(C)C. The highest BCUT2D eigenvalue weighted by Crippen LogP contribution is 2.44. The first-order chi connectivity index (χ1) is 28.1. The van der Waals surface area contributed by atoms with E-state index in [4.69, 9.17) is 25.2 Å². The van der Waals surface area contributed by atoms with Crippen LogP contribution < -0.4 is 15.8 Å². The number of fused-ring (bicyclic) bond motifs is 6. The molecule has 9 rings (SSSR count). The van der Waals surface area contributed by atoms with Crippen LogP contribution >= 0.6 is 0 Å². The van der Waals surface area contributed by atoms with Crippen LogP contribution in [0, 0.1) is 5.92 Å². The number of amides is 3. The number of nitrogens with one attached hydrogen (secondary N) is 3. The van der Waals surface area contributed by atoms with Crippen molar-refractivity contribution in [1.82, 2.24) is 35.1 Å². The van der Waals surface area contributed by atoms with E-state index in [1.165, 1.54) is 7.11 Å². The van der Waals surface area contributed by atoms with E-state index in [2.05, 4.69) is 51.7 Å². The summed E-state index contributed by atoms with van der Waals surface area (Å²) in [6.07, 6.45) is 4.49. The summed E-state index contributed by atoms with van der Waals surface area (Å²) in [7, 11) is 1.30. The van der Waals surface area contributed by atoms with Crippen molar-refractivity contribution in [2.45, 2.75) is 83.3 Å². The molecule has 5 heterocycles. The van der Waals surface area contributed by atoms with Crippen LogP contribution in [0.2, 0.25) is 0 Å². The highest BCUT2D eigenvalue weighted by Gasteiger charge is 2.41. The lowest BCUT2D eigenvalue weighted by Crippen LogP contribution is -2.52. The molecular weight excluding hydrogens is 733 g/mol. The number of H-pyrrole nitrogens is 2. The Morgan fingerprint density at radius 3 is 2.55 bits per heavy atom. The molecule has 13 nitrogen and oxygen atoms in total. The highest BCUT2D eigenvalue weighted by molar-refractivity contribution is 6.07. The molecule has 5 N–H and O–H groups in total. The van der Waals surface area contributed by atoms with Crippen molar-refractivity contribution in [3.05, 3.63) is 102 Å². The molecule has 5 atom stereocenters. The fourth-order valence-electron chi connectivity index (χ4n) is 9.07. The molecule has 0 aliphatic carbocycles. The minimum absolute atomic E-state index is 0.00633. The van der Waals surface area contributed by atoms with Gasteiger partial charge in [-0.3, -0.25) is 9.59 Å². The number of rotatable bonds is 8. The molecule has 2 fully saturated rings. The van der Waals surface area contributed by atoms with Crippen LogP contribution in [0.25, 0.3) is 44.2 Å². The predicted octanol–water partition coefficient (Wildman–Crippen LogP) is 7.46. The number of aromatic amines is 2. The summed E-state index contributed by atoms with van der Waals surface area (Å²) < 4.78 is 11.2. The average Bonchev–Trinajstić information content (AvgIpc) is 4.07. The number of methoxy groups -OCH3 is 1. The molecule has 6 aromatic rings. The summed E-state index contributed by atoms with van der Waals surface area (Å²) in [5, 5.41) is 4.79. The Balaban J connectivity index is 0.963. The van der Waals surface area contributed by atoms with Crippen LogP contribution in [0.4, 0.5) is 4.79 Å². The van der Waals surface area contributed by atoms with Crippen LogP contribution in [-0.4, -0.2) is 73.4 Å². The largest absolute Gasteiger partial charge is 0.488 e. The number of ether oxygens (including phenoxy) is 2. The molecule has 58 heavy (non-hydrogen) atoms. The fourth-order valence-corrected chi connectivity index (χ4v) is 9.07. The third-order valence-electron chi connectivity index (χ3n) is 12.2. The first-order valence-electron chi connectivity index (χ1n) is 20.1. The van der Waals surface area contributed by atoms with Crippen LogP contribution in [0.1, 0.15) is 87.4 Å². The Kier molecular flexibility index (Phi) is 9.63. The third-order valence-corrected chi connectivity index (χ3v) is 12.2. The zero-order valence-corrected chi connectivity index (χ0v) is 33.1.